The van der Waals surface area contributed by atoms with Crippen LogP contribution in [0.5, 0.6) is 5.75 Å². The highest BCUT2D eigenvalue weighted by Crippen LogP contribution is 2.23. The van der Waals surface area contributed by atoms with Gasteiger partial charge in [-0.05, 0) is 18.1 Å². The molecule has 1 amide bonds. The Bertz CT molecular complexity index is 483. The van der Waals surface area contributed by atoms with Gasteiger partial charge in [-0.2, -0.15) is 5.26 Å². The zero-order valence-corrected chi connectivity index (χ0v) is 10.1. The molecule has 0 saturated carbocycles. The van der Waals surface area contributed by atoms with Crippen molar-refractivity contribution in [3.05, 3.63) is 29.6 Å². The number of halogens is 1. The van der Waals surface area contributed by atoms with Gasteiger partial charge < -0.3 is 4.74 Å². The van der Waals surface area contributed by atoms with Gasteiger partial charge in [-0.1, -0.05) is 19.9 Å². The number of hydrogen-bond donors (Lipinski definition) is 2. The minimum atomic E-state index is -0.885. The summed E-state index contributed by atoms with van der Waals surface area (Å²) in [7, 11) is 0. The molecule has 0 spiro atoms. The average Bonchev–Trinajstić information content (AvgIpc) is 2.34. The number of benzene rings is 1. The van der Waals surface area contributed by atoms with Gasteiger partial charge in [-0.3, -0.25) is 10.2 Å². The number of amides is 1. The second-order valence-electron chi connectivity index (χ2n) is 4.02. The first-order valence-corrected chi connectivity index (χ1v) is 5.37. The van der Waals surface area contributed by atoms with E-state index in [4.69, 9.17) is 15.8 Å². The number of hydrazine groups is 1. The molecule has 1 atom stereocenters. The molecule has 1 rings (SSSR count). The molecule has 6 heteroatoms. The maximum Gasteiger partial charge on any atom is 0.275 e. The predicted octanol–water partition coefficient (Wildman–Crippen LogP) is 1.09. The Morgan fingerprint density at radius 1 is 1.56 bits per heavy atom. The van der Waals surface area contributed by atoms with Crippen molar-refractivity contribution in [1.82, 2.24) is 5.43 Å². The van der Waals surface area contributed by atoms with E-state index in [0.717, 1.165) is 6.07 Å². The lowest BCUT2D eigenvalue weighted by molar-refractivity contribution is -0.129. The van der Waals surface area contributed by atoms with Crippen LogP contribution < -0.4 is 16.0 Å². The van der Waals surface area contributed by atoms with Gasteiger partial charge >= 0.3 is 0 Å². The predicted molar refractivity (Wildman–Crippen MR) is 62.7 cm³/mol. The fourth-order valence-electron chi connectivity index (χ4n) is 1.42. The largest absolute Gasteiger partial charge is 0.479 e. The fourth-order valence-corrected chi connectivity index (χ4v) is 1.42. The molecule has 0 radical (unpaired) electrons. The minimum absolute atomic E-state index is 0.0276. The van der Waals surface area contributed by atoms with Crippen LogP contribution in [-0.4, -0.2) is 12.0 Å². The van der Waals surface area contributed by atoms with Crippen molar-refractivity contribution >= 4 is 5.91 Å². The number of nitrogens with two attached hydrogens (primary N) is 1. The SMILES string of the molecule is CC(C)C(Oc1cccc(F)c1C#N)C(=O)NN. The van der Waals surface area contributed by atoms with Gasteiger partial charge in [0.1, 0.15) is 23.2 Å². The highest BCUT2D eigenvalue weighted by molar-refractivity contribution is 5.80. The quantitative estimate of drug-likeness (QED) is 0.476. The number of carbonyl (C=O) groups excluding carboxylic acids is 1. The Balaban J connectivity index is 3.06. The fraction of sp³-hybridized carbons (Fsp3) is 0.333. The maximum absolute atomic E-state index is 13.4. The van der Waals surface area contributed by atoms with Crippen LogP contribution in [0.2, 0.25) is 0 Å². The van der Waals surface area contributed by atoms with Gasteiger partial charge in [0.05, 0.1) is 0 Å². The summed E-state index contributed by atoms with van der Waals surface area (Å²) in [5.74, 6) is 3.68. The van der Waals surface area contributed by atoms with Crippen molar-refractivity contribution in [2.45, 2.75) is 20.0 Å². The van der Waals surface area contributed by atoms with E-state index < -0.39 is 17.8 Å². The summed E-state index contributed by atoms with van der Waals surface area (Å²) in [5.41, 5.74) is 1.75. The van der Waals surface area contributed by atoms with Crippen molar-refractivity contribution < 1.29 is 13.9 Å². The van der Waals surface area contributed by atoms with E-state index in [0.29, 0.717) is 0 Å². The average molecular weight is 251 g/mol. The Morgan fingerprint density at radius 2 is 2.22 bits per heavy atom. The summed E-state index contributed by atoms with van der Waals surface area (Å²) in [5, 5.41) is 8.85. The Labute approximate surface area is 104 Å². The first-order chi connectivity index (χ1) is 8.51. The molecule has 0 aliphatic rings. The second-order valence-corrected chi connectivity index (χ2v) is 4.02. The molecule has 0 aliphatic heterocycles. The van der Waals surface area contributed by atoms with E-state index in [1.165, 1.54) is 12.1 Å². The third-order valence-electron chi connectivity index (χ3n) is 2.35. The summed E-state index contributed by atoms with van der Waals surface area (Å²) in [6.45, 7) is 3.51. The van der Waals surface area contributed by atoms with E-state index in [9.17, 15) is 9.18 Å². The molecule has 0 aromatic heterocycles. The first kappa shape index (κ1) is 13.9. The summed E-state index contributed by atoms with van der Waals surface area (Å²) in [6.07, 6.45) is -0.885. The van der Waals surface area contributed by atoms with Crippen molar-refractivity contribution in [3.8, 4) is 11.8 Å². The molecule has 0 saturated heterocycles. The van der Waals surface area contributed by atoms with Crippen LogP contribution in [-0.2, 0) is 4.79 Å². The number of nitrogens with one attached hydrogen (secondary N) is 1. The number of nitrogens with zero attached hydrogens (tertiary/aromatic N) is 1. The monoisotopic (exact) mass is 251 g/mol. The van der Waals surface area contributed by atoms with Gasteiger partial charge in [0.2, 0.25) is 0 Å². The molecule has 1 unspecified atom stereocenters. The molecule has 1 aromatic carbocycles. The van der Waals surface area contributed by atoms with E-state index >= 15 is 0 Å². The number of nitriles is 1. The third kappa shape index (κ3) is 2.96. The Hall–Kier alpha value is -2.13. The summed E-state index contributed by atoms with van der Waals surface area (Å²) in [6, 6.07) is 5.69. The van der Waals surface area contributed by atoms with Crippen molar-refractivity contribution in [1.29, 1.82) is 5.26 Å². The molecule has 0 heterocycles. The van der Waals surface area contributed by atoms with Crippen LogP contribution >= 0.6 is 0 Å². The Kier molecular flexibility index (Phi) is 4.63. The van der Waals surface area contributed by atoms with Gasteiger partial charge in [0.25, 0.3) is 5.91 Å². The van der Waals surface area contributed by atoms with Crippen molar-refractivity contribution in [3.63, 3.8) is 0 Å². The molecule has 5 nitrogen and oxygen atoms in total. The lowest BCUT2D eigenvalue weighted by atomic mass is 10.1. The molecule has 3 N–H and O–H groups in total. The number of hydrogen-bond acceptors (Lipinski definition) is 4. The van der Waals surface area contributed by atoms with Crippen LogP contribution in [0.1, 0.15) is 19.4 Å². The van der Waals surface area contributed by atoms with E-state index in [2.05, 4.69) is 0 Å². The molecule has 96 valence electrons. The number of carbonyl (C=O) groups is 1. The van der Waals surface area contributed by atoms with Gasteiger partial charge in [0, 0.05) is 0 Å². The number of rotatable bonds is 4. The van der Waals surface area contributed by atoms with Gasteiger partial charge in [-0.25, -0.2) is 10.2 Å². The Morgan fingerprint density at radius 3 is 2.72 bits per heavy atom. The van der Waals surface area contributed by atoms with Gasteiger partial charge in [0.15, 0.2) is 6.10 Å². The summed E-state index contributed by atoms with van der Waals surface area (Å²) < 4.78 is 18.7. The minimum Gasteiger partial charge on any atom is -0.479 e. The van der Waals surface area contributed by atoms with Crippen LogP contribution in [0.3, 0.4) is 0 Å². The lowest BCUT2D eigenvalue weighted by Gasteiger charge is -2.21. The highest BCUT2D eigenvalue weighted by Gasteiger charge is 2.25. The molecule has 0 bridgehead atoms. The third-order valence-corrected chi connectivity index (χ3v) is 2.35. The van der Waals surface area contributed by atoms with Crippen LogP contribution in [0.25, 0.3) is 0 Å². The molecule has 0 fully saturated rings. The lowest BCUT2D eigenvalue weighted by Crippen LogP contribution is -2.44. The molecule has 0 aliphatic carbocycles. The zero-order valence-electron chi connectivity index (χ0n) is 10.1. The van der Waals surface area contributed by atoms with Crippen LogP contribution in [0.15, 0.2) is 18.2 Å². The first-order valence-electron chi connectivity index (χ1n) is 5.37. The standard InChI is InChI=1S/C12H14FN3O2/c1-7(2)11(12(17)16-15)18-10-5-3-4-9(13)8(10)6-14/h3-5,7,11H,15H2,1-2H3,(H,16,17). The zero-order chi connectivity index (χ0) is 13.7. The molecule has 1 aromatic rings. The maximum atomic E-state index is 13.4. The highest BCUT2D eigenvalue weighted by atomic mass is 19.1. The van der Waals surface area contributed by atoms with Crippen molar-refractivity contribution in [2.75, 3.05) is 0 Å². The van der Waals surface area contributed by atoms with E-state index in [1.807, 2.05) is 5.43 Å². The van der Waals surface area contributed by atoms with Crippen molar-refractivity contribution in [2.24, 2.45) is 11.8 Å². The smallest absolute Gasteiger partial charge is 0.275 e. The molecular weight excluding hydrogens is 237 g/mol. The van der Waals surface area contributed by atoms with Crippen LogP contribution in [0.4, 0.5) is 4.39 Å². The van der Waals surface area contributed by atoms with Crippen LogP contribution in [0, 0.1) is 23.1 Å². The van der Waals surface area contributed by atoms with Gasteiger partial charge in [-0.15, -0.1) is 0 Å². The summed E-state index contributed by atoms with van der Waals surface area (Å²) in [4.78, 5) is 11.5. The number of ether oxygens (including phenoxy) is 1. The molecule has 18 heavy (non-hydrogen) atoms. The van der Waals surface area contributed by atoms with E-state index in [-0.39, 0.29) is 17.2 Å². The molecular formula is C12H14FN3O2. The topological polar surface area (TPSA) is 88.1 Å². The summed E-state index contributed by atoms with van der Waals surface area (Å²) >= 11 is 0. The second kappa shape index (κ2) is 5.98. The normalized spacial score (nSPS) is 11.8. The van der Waals surface area contributed by atoms with E-state index in [1.54, 1.807) is 19.9 Å².